The van der Waals surface area contributed by atoms with E-state index in [-0.39, 0.29) is 0 Å². The van der Waals surface area contributed by atoms with Crippen molar-refractivity contribution in [3.05, 3.63) is 0 Å². The molecule has 0 aliphatic rings. The van der Waals surface area contributed by atoms with Gasteiger partial charge in [0, 0.05) is 0 Å². The predicted molar refractivity (Wildman–Crippen MR) is 53.5 cm³/mol. The molecule has 3 heteroatoms. The van der Waals surface area contributed by atoms with Crippen molar-refractivity contribution in [2.45, 2.75) is 52.0 Å². The van der Waals surface area contributed by atoms with E-state index >= 15 is 0 Å². The number of carboxylic acids is 1. The van der Waals surface area contributed by atoms with E-state index in [2.05, 4.69) is 13.8 Å². The minimum Gasteiger partial charge on any atom is -0.480 e. The van der Waals surface area contributed by atoms with Gasteiger partial charge < -0.3 is 10.8 Å². The zero-order valence-corrected chi connectivity index (χ0v) is 8.62. The van der Waals surface area contributed by atoms with Crippen LogP contribution in [0.5, 0.6) is 0 Å². The highest BCUT2D eigenvalue weighted by Crippen LogP contribution is 2.17. The molecule has 0 spiro atoms. The van der Waals surface area contributed by atoms with Crippen LogP contribution in [0.3, 0.4) is 0 Å². The van der Waals surface area contributed by atoms with Crippen molar-refractivity contribution in [1.82, 2.24) is 0 Å². The molecular formula is C10H21NO2. The van der Waals surface area contributed by atoms with Crippen LogP contribution in [0, 0.1) is 5.92 Å². The van der Waals surface area contributed by atoms with Crippen LogP contribution in [0.25, 0.3) is 0 Å². The molecule has 0 aliphatic heterocycles. The first-order valence-corrected chi connectivity index (χ1v) is 5.10. The Labute approximate surface area is 80.3 Å². The lowest BCUT2D eigenvalue weighted by Gasteiger charge is -2.14. The first-order chi connectivity index (χ1) is 6.11. The second kappa shape index (κ2) is 6.89. The maximum absolute atomic E-state index is 10.4. The maximum atomic E-state index is 10.4. The highest BCUT2D eigenvalue weighted by molar-refractivity contribution is 5.72. The van der Waals surface area contributed by atoms with Crippen LogP contribution >= 0.6 is 0 Å². The lowest BCUT2D eigenvalue weighted by Crippen LogP contribution is -2.30. The van der Waals surface area contributed by atoms with Crippen molar-refractivity contribution in [1.29, 1.82) is 0 Å². The highest BCUT2D eigenvalue weighted by Gasteiger charge is 2.13. The van der Waals surface area contributed by atoms with Gasteiger partial charge in [-0.25, -0.2) is 0 Å². The molecule has 0 radical (unpaired) electrons. The largest absolute Gasteiger partial charge is 0.480 e. The Morgan fingerprint density at radius 3 is 2.31 bits per heavy atom. The third-order valence-corrected chi connectivity index (χ3v) is 2.48. The summed E-state index contributed by atoms with van der Waals surface area (Å²) in [5.74, 6) is -0.234. The van der Waals surface area contributed by atoms with Gasteiger partial charge in [-0.05, 0) is 18.8 Å². The summed E-state index contributed by atoms with van der Waals surface area (Å²) in [7, 11) is 0. The number of nitrogens with two attached hydrogens (primary N) is 1. The molecule has 0 saturated heterocycles. The Balaban J connectivity index is 3.64. The number of carbonyl (C=O) groups is 1. The molecule has 3 nitrogen and oxygen atoms in total. The number of hydrogen-bond acceptors (Lipinski definition) is 2. The molecule has 13 heavy (non-hydrogen) atoms. The van der Waals surface area contributed by atoms with Crippen LogP contribution in [0.2, 0.25) is 0 Å². The normalized spacial score (nSPS) is 15.3. The summed E-state index contributed by atoms with van der Waals surface area (Å²) in [6.45, 7) is 4.30. The lowest BCUT2D eigenvalue weighted by atomic mass is 9.93. The summed E-state index contributed by atoms with van der Waals surface area (Å²) in [5.41, 5.74) is 5.42. The fourth-order valence-corrected chi connectivity index (χ4v) is 1.50. The minimum absolute atomic E-state index is 0.605. The van der Waals surface area contributed by atoms with Crippen molar-refractivity contribution in [3.8, 4) is 0 Å². The summed E-state index contributed by atoms with van der Waals surface area (Å²) < 4.78 is 0. The number of rotatable bonds is 7. The van der Waals surface area contributed by atoms with Crippen molar-refractivity contribution in [3.63, 3.8) is 0 Å². The van der Waals surface area contributed by atoms with Gasteiger partial charge in [-0.15, -0.1) is 0 Å². The fraction of sp³-hybridized carbons (Fsp3) is 0.900. The zero-order valence-electron chi connectivity index (χ0n) is 8.62. The summed E-state index contributed by atoms with van der Waals surface area (Å²) in [4.78, 5) is 10.4. The van der Waals surface area contributed by atoms with E-state index in [1.54, 1.807) is 0 Å². The first kappa shape index (κ1) is 12.4. The number of aliphatic carboxylic acids is 1. The molecule has 0 aromatic heterocycles. The van der Waals surface area contributed by atoms with Gasteiger partial charge in [0.05, 0.1) is 0 Å². The van der Waals surface area contributed by atoms with Crippen LogP contribution in [0.1, 0.15) is 46.0 Å². The van der Waals surface area contributed by atoms with Crippen molar-refractivity contribution < 1.29 is 9.90 Å². The quantitative estimate of drug-likeness (QED) is 0.640. The number of carboxylic acid groups (broad SMARTS) is 1. The van der Waals surface area contributed by atoms with Crippen molar-refractivity contribution in [2.75, 3.05) is 0 Å². The molecule has 0 bridgehead atoms. The van der Waals surface area contributed by atoms with Crippen LogP contribution in [-0.4, -0.2) is 17.1 Å². The van der Waals surface area contributed by atoms with E-state index in [9.17, 15) is 4.79 Å². The Hall–Kier alpha value is -0.570. The van der Waals surface area contributed by atoms with Crippen LogP contribution in [0.15, 0.2) is 0 Å². The van der Waals surface area contributed by atoms with Gasteiger partial charge in [0.15, 0.2) is 0 Å². The third-order valence-electron chi connectivity index (χ3n) is 2.48. The smallest absolute Gasteiger partial charge is 0.320 e. The molecule has 0 amide bonds. The molecule has 0 fully saturated rings. The van der Waals surface area contributed by atoms with E-state index in [0.29, 0.717) is 12.3 Å². The van der Waals surface area contributed by atoms with Crippen molar-refractivity contribution in [2.24, 2.45) is 11.7 Å². The van der Waals surface area contributed by atoms with Crippen LogP contribution in [-0.2, 0) is 4.79 Å². The van der Waals surface area contributed by atoms with Gasteiger partial charge in [0.25, 0.3) is 0 Å². The Morgan fingerprint density at radius 1 is 1.31 bits per heavy atom. The van der Waals surface area contributed by atoms with E-state index in [0.717, 1.165) is 12.8 Å². The second-order valence-electron chi connectivity index (χ2n) is 3.59. The van der Waals surface area contributed by atoms with E-state index in [4.69, 9.17) is 10.8 Å². The summed E-state index contributed by atoms with van der Waals surface area (Å²) in [6, 6.07) is -0.675. The van der Waals surface area contributed by atoms with E-state index in [1.807, 2.05) is 0 Å². The molecule has 0 rings (SSSR count). The first-order valence-electron chi connectivity index (χ1n) is 5.10. The Morgan fingerprint density at radius 2 is 1.92 bits per heavy atom. The van der Waals surface area contributed by atoms with Gasteiger partial charge in [-0.3, -0.25) is 4.79 Å². The minimum atomic E-state index is -0.883. The molecule has 0 saturated carbocycles. The summed E-state index contributed by atoms with van der Waals surface area (Å²) in [5, 5.41) is 8.57. The lowest BCUT2D eigenvalue weighted by molar-refractivity contribution is -0.138. The molecule has 3 N–H and O–H groups in total. The molecule has 78 valence electrons. The Kier molecular flexibility index (Phi) is 6.59. The molecule has 0 aromatic rings. The van der Waals surface area contributed by atoms with E-state index < -0.39 is 12.0 Å². The fourth-order valence-electron chi connectivity index (χ4n) is 1.50. The van der Waals surface area contributed by atoms with Gasteiger partial charge in [-0.1, -0.05) is 33.1 Å². The molecule has 0 aliphatic carbocycles. The SMILES string of the molecule is CCCC(CC)CCC(N)C(=O)O. The standard InChI is InChI=1S/C10H21NO2/c1-3-5-8(4-2)6-7-9(11)10(12)13/h8-9H,3-7,11H2,1-2H3,(H,12,13). The topological polar surface area (TPSA) is 63.3 Å². The summed E-state index contributed by atoms with van der Waals surface area (Å²) >= 11 is 0. The maximum Gasteiger partial charge on any atom is 0.320 e. The van der Waals surface area contributed by atoms with E-state index in [1.165, 1.54) is 12.8 Å². The zero-order chi connectivity index (χ0) is 10.3. The molecular weight excluding hydrogens is 166 g/mol. The third kappa shape index (κ3) is 5.64. The monoisotopic (exact) mass is 187 g/mol. The molecule has 2 unspecified atom stereocenters. The van der Waals surface area contributed by atoms with Crippen molar-refractivity contribution >= 4 is 5.97 Å². The van der Waals surface area contributed by atoms with Gasteiger partial charge in [-0.2, -0.15) is 0 Å². The molecule has 2 atom stereocenters. The van der Waals surface area contributed by atoms with Crippen LogP contribution in [0.4, 0.5) is 0 Å². The molecule has 0 heterocycles. The molecule has 0 aromatic carbocycles. The highest BCUT2D eigenvalue weighted by atomic mass is 16.4. The van der Waals surface area contributed by atoms with Gasteiger partial charge in [0.1, 0.15) is 6.04 Å². The number of hydrogen-bond donors (Lipinski definition) is 2. The Bertz CT molecular complexity index is 148. The average Bonchev–Trinajstić information content (AvgIpc) is 2.11. The second-order valence-corrected chi connectivity index (χ2v) is 3.59. The predicted octanol–water partition coefficient (Wildman–Crippen LogP) is 2.00. The summed E-state index contributed by atoms with van der Waals surface area (Å²) in [6.07, 6.45) is 5.02. The average molecular weight is 187 g/mol. The van der Waals surface area contributed by atoms with Crippen LogP contribution < -0.4 is 5.73 Å². The van der Waals surface area contributed by atoms with Gasteiger partial charge >= 0.3 is 5.97 Å². The van der Waals surface area contributed by atoms with Gasteiger partial charge in [0.2, 0.25) is 0 Å².